The van der Waals surface area contributed by atoms with E-state index in [0.29, 0.717) is 5.92 Å². The second kappa shape index (κ2) is 6.91. The Morgan fingerprint density at radius 2 is 1.89 bits per heavy atom. The third-order valence-corrected chi connectivity index (χ3v) is 3.03. The highest BCUT2D eigenvalue weighted by Crippen LogP contribution is 2.20. The first-order valence-electron chi connectivity index (χ1n) is 6.82. The Bertz CT molecular complexity index is 354. The molecule has 0 saturated heterocycles. The predicted octanol–water partition coefficient (Wildman–Crippen LogP) is 3.50. The zero-order valence-corrected chi connectivity index (χ0v) is 12.4. The van der Waals surface area contributed by atoms with E-state index in [0.717, 1.165) is 19.8 Å². The van der Waals surface area contributed by atoms with Crippen LogP contribution in [0.5, 0.6) is 0 Å². The van der Waals surface area contributed by atoms with Gasteiger partial charge in [-0.15, -0.1) is 0 Å². The molecule has 102 valence electrons. The molecule has 1 rings (SSSR count). The van der Waals surface area contributed by atoms with E-state index in [-0.39, 0.29) is 5.54 Å². The molecule has 0 bridgehead atoms. The van der Waals surface area contributed by atoms with Crippen molar-refractivity contribution in [1.29, 1.82) is 0 Å². The van der Waals surface area contributed by atoms with E-state index in [1.54, 1.807) is 0 Å². The molecular weight excluding hydrogens is 222 g/mol. The molecule has 18 heavy (non-hydrogen) atoms. The fraction of sp³-hybridized carbons (Fsp3) is 0.625. The van der Waals surface area contributed by atoms with E-state index in [9.17, 15) is 0 Å². The van der Waals surface area contributed by atoms with Gasteiger partial charge in [0.2, 0.25) is 0 Å². The number of aryl methyl sites for hydroxylation is 1. The lowest BCUT2D eigenvalue weighted by Gasteiger charge is -2.26. The van der Waals surface area contributed by atoms with Gasteiger partial charge >= 0.3 is 0 Å². The van der Waals surface area contributed by atoms with Gasteiger partial charge < -0.3 is 10.1 Å². The number of hydrogen-bond acceptors (Lipinski definition) is 2. The minimum absolute atomic E-state index is 0.146. The van der Waals surface area contributed by atoms with Crippen LogP contribution < -0.4 is 5.32 Å². The van der Waals surface area contributed by atoms with Gasteiger partial charge in [-0.05, 0) is 45.7 Å². The monoisotopic (exact) mass is 249 g/mol. The van der Waals surface area contributed by atoms with Crippen LogP contribution in [0.3, 0.4) is 0 Å². The first-order chi connectivity index (χ1) is 8.44. The molecule has 0 amide bonds. The van der Waals surface area contributed by atoms with Crippen LogP contribution >= 0.6 is 0 Å². The molecule has 0 aromatic heterocycles. The summed E-state index contributed by atoms with van der Waals surface area (Å²) in [4.78, 5) is 0. The van der Waals surface area contributed by atoms with E-state index in [1.807, 2.05) is 6.92 Å². The lowest BCUT2D eigenvalue weighted by atomic mass is 9.94. The largest absolute Gasteiger partial charge is 0.381 e. The maximum absolute atomic E-state index is 5.63. The van der Waals surface area contributed by atoms with Gasteiger partial charge in [0.1, 0.15) is 0 Å². The fourth-order valence-corrected chi connectivity index (χ4v) is 1.99. The van der Waals surface area contributed by atoms with Crippen LogP contribution in [0.2, 0.25) is 0 Å². The maximum Gasteiger partial charge on any atom is 0.0546 e. The summed E-state index contributed by atoms with van der Waals surface area (Å²) in [5, 5.41) is 3.58. The average Bonchev–Trinajstić information content (AvgIpc) is 2.29. The van der Waals surface area contributed by atoms with E-state index in [1.165, 1.54) is 11.1 Å². The lowest BCUT2D eigenvalue weighted by molar-refractivity contribution is 0.129. The normalized spacial score (nSPS) is 13.6. The van der Waals surface area contributed by atoms with Crippen LogP contribution in [0.4, 0.5) is 0 Å². The molecule has 0 heterocycles. The van der Waals surface area contributed by atoms with Gasteiger partial charge in [0.15, 0.2) is 0 Å². The molecule has 0 aliphatic rings. The summed E-state index contributed by atoms with van der Waals surface area (Å²) in [7, 11) is 0. The van der Waals surface area contributed by atoms with Crippen molar-refractivity contribution in [3.63, 3.8) is 0 Å². The van der Waals surface area contributed by atoms with Crippen LogP contribution in [-0.2, 0) is 4.74 Å². The van der Waals surface area contributed by atoms with Gasteiger partial charge in [-0.3, -0.25) is 0 Å². The fourth-order valence-electron chi connectivity index (χ4n) is 1.99. The van der Waals surface area contributed by atoms with E-state index < -0.39 is 0 Å². The Morgan fingerprint density at radius 1 is 1.22 bits per heavy atom. The second-order valence-corrected chi connectivity index (χ2v) is 5.84. The average molecular weight is 249 g/mol. The maximum atomic E-state index is 5.63. The molecule has 0 aliphatic carbocycles. The van der Waals surface area contributed by atoms with Crippen LogP contribution in [0, 0.1) is 6.92 Å². The van der Waals surface area contributed by atoms with Crippen LogP contribution in [0.25, 0.3) is 0 Å². The van der Waals surface area contributed by atoms with Crippen molar-refractivity contribution in [2.75, 3.05) is 19.8 Å². The van der Waals surface area contributed by atoms with E-state index in [2.05, 4.69) is 57.3 Å². The van der Waals surface area contributed by atoms with Crippen molar-refractivity contribution in [2.45, 2.75) is 46.1 Å². The SMILES string of the molecule is CCOCC(CNC(C)(C)C)c1ccccc1C. The first-order valence-corrected chi connectivity index (χ1v) is 6.82. The predicted molar refractivity (Wildman–Crippen MR) is 78.2 cm³/mol. The zero-order chi connectivity index (χ0) is 13.6. The molecule has 1 unspecified atom stereocenters. The summed E-state index contributed by atoms with van der Waals surface area (Å²) in [6.07, 6.45) is 0. The lowest BCUT2D eigenvalue weighted by Crippen LogP contribution is -2.39. The number of nitrogens with one attached hydrogen (secondary N) is 1. The Labute approximate surface area is 112 Å². The summed E-state index contributed by atoms with van der Waals surface area (Å²) >= 11 is 0. The Balaban J connectivity index is 2.75. The Morgan fingerprint density at radius 3 is 2.44 bits per heavy atom. The highest BCUT2D eigenvalue weighted by atomic mass is 16.5. The molecule has 0 saturated carbocycles. The molecule has 0 spiro atoms. The summed E-state index contributed by atoms with van der Waals surface area (Å²) in [5.41, 5.74) is 2.88. The summed E-state index contributed by atoms with van der Waals surface area (Å²) < 4.78 is 5.63. The van der Waals surface area contributed by atoms with Crippen molar-refractivity contribution >= 4 is 0 Å². The van der Waals surface area contributed by atoms with Gasteiger partial charge in [-0.2, -0.15) is 0 Å². The van der Waals surface area contributed by atoms with Gasteiger partial charge in [-0.1, -0.05) is 24.3 Å². The first kappa shape index (κ1) is 15.2. The van der Waals surface area contributed by atoms with Crippen LogP contribution in [0.1, 0.15) is 44.7 Å². The van der Waals surface area contributed by atoms with Crippen LogP contribution in [0.15, 0.2) is 24.3 Å². The Hall–Kier alpha value is -0.860. The van der Waals surface area contributed by atoms with E-state index in [4.69, 9.17) is 4.74 Å². The summed E-state index contributed by atoms with van der Waals surface area (Å²) in [6.45, 7) is 13.3. The Kier molecular flexibility index (Phi) is 5.83. The zero-order valence-electron chi connectivity index (χ0n) is 12.4. The van der Waals surface area contributed by atoms with Gasteiger partial charge in [0, 0.05) is 24.6 Å². The van der Waals surface area contributed by atoms with Crippen molar-refractivity contribution in [3.05, 3.63) is 35.4 Å². The second-order valence-electron chi connectivity index (χ2n) is 5.84. The minimum Gasteiger partial charge on any atom is -0.381 e. The molecule has 2 heteroatoms. The molecule has 0 fully saturated rings. The number of hydrogen-bond donors (Lipinski definition) is 1. The number of benzene rings is 1. The standard InChI is InChI=1S/C16H27NO/c1-6-18-12-14(11-17-16(3,4)5)15-10-8-7-9-13(15)2/h7-10,14,17H,6,11-12H2,1-5H3. The van der Waals surface area contributed by atoms with Gasteiger partial charge in [0.25, 0.3) is 0 Å². The van der Waals surface area contributed by atoms with Crippen molar-refractivity contribution in [2.24, 2.45) is 0 Å². The van der Waals surface area contributed by atoms with Gasteiger partial charge in [-0.25, -0.2) is 0 Å². The molecule has 2 nitrogen and oxygen atoms in total. The van der Waals surface area contributed by atoms with Crippen molar-refractivity contribution in [1.82, 2.24) is 5.32 Å². The molecule has 0 aliphatic heterocycles. The van der Waals surface area contributed by atoms with E-state index >= 15 is 0 Å². The molecule has 1 N–H and O–H groups in total. The molecule has 1 atom stereocenters. The quantitative estimate of drug-likeness (QED) is 0.833. The minimum atomic E-state index is 0.146. The summed E-state index contributed by atoms with van der Waals surface area (Å²) in [5.74, 6) is 0.422. The smallest absolute Gasteiger partial charge is 0.0546 e. The molecule has 1 aromatic carbocycles. The third-order valence-electron chi connectivity index (χ3n) is 3.03. The molecular formula is C16H27NO. The third kappa shape index (κ3) is 5.19. The van der Waals surface area contributed by atoms with Crippen molar-refractivity contribution < 1.29 is 4.74 Å². The van der Waals surface area contributed by atoms with Gasteiger partial charge in [0.05, 0.1) is 6.61 Å². The van der Waals surface area contributed by atoms with Crippen molar-refractivity contribution in [3.8, 4) is 0 Å². The number of ether oxygens (including phenoxy) is 1. The van der Waals surface area contributed by atoms with Crippen LogP contribution in [-0.4, -0.2) is 25.3 Å². The topological polar surface area (TPSA) is 21.3 Å². The highest BCUT2D eigenvalue weighted by molar-refractivity contribution is 5.29. The number of rotatable bonds is 6. The summed E-state index contributed by atoms with van der Waals surface area (Å²) in [6, 6.07) is 8.58. The highest BCUT2D eigenvalue weighted by Gasteiger charge is 2.17. The molecule has 1 aromatic rings. The molecule has 0 radical (unpaired) electrons.